The summed E-state index contributed by atoms with van der Waals surface area (Å²) in [5.74, 6) is 1.39. The highest BCUT2D eigenvalue weighted by Gasteiger charge is 2.26. The van der Waals surface area contributed by atoms with Gasteiger partial charge >= 0.3 is 0 Å². The van der Waals surface area contributed by atoms with Gasteiger partial charge in [0.2, 0.25) is 0 Å². The highest BCUT2D eigenvalue weighted by atomic mass is 15.2. The maximum absolute atomic E-state index is 5.90. The zero-order chi connectivity index (χ0) is 13.7. The van der Waals surface area contributed by atoms with Crippen LogP contribution < -0.4 is 5.73 Å². The molecule has 2 N–H and O–H groups in total. The molecule has 0 aromatic rings. The second-order valence-corrected chi connectivity index (χ2v) is 6.87. The molecule has 2 heterocycles. The molecule has 112 valence electrons. The molecule has 3 nitrogen and oxygen atoms in total. The lowest BCUT2D eigenvalue weighted by Crippen LogP contribution is -2.48. The van der Waals surface area contributed by atoms with Crippen LogP contribution in [0.25, 0.3) is 0 Å². The summed E-state index contributed by atoms with van der Waals surface area (Å²) >= 11 is 0. The van der Waals surface area contributed by atoms with Crippen LogP contribution in [0.5, 0.6) is 0 Å². The quantitative estimate of drug-likeness (QED) is 0.828. The number of hydrogen-bond acceptors (Lipinski definition) is 3. The molecule has 0 radical (unpaired) electrons. The molecule has 3 heteroatoms. The van der Waals surface area contributed by atoms with Gasteiger partial charge in [-0.1, -0.05) is 20.3 Å². The van der Waals surface area contributed by atoms with Crippen molar-refractivity contribution in [1.82, 2.24) is 9.80 Å². The summed E-state index contributed by atoms with van der Waals surface area (Å²) in [5, 5.41) is 0. The van der Waals surface area contributed by atoms with E-state index in [9.17, 15) is 0 Å². The van der Waals surface area contributed by atoms with Gasteiger partial charge in [0.15, 0.2) is 0 Å². The van der Waals surface area contributed by atoms with Gasteiger partial charge in [-0.25, -0.2) is 0 Å². The number of hydrogen-bond donors (Lipinski definition) is 1. The Kier molecular flexibility index (Phi) is 6.11. The fraction of sp³-hybridized carbons (Fsp3) is 1.00. The Labute approximate surface area is 119 Å². The third kappa shape index (κ3) is 4.44. The molecule has 0 saturated carbocycles. The summed E-state index contributed by atoms with van der Waals surface area (Å²) in [6, 6.07) is 0.868. The van der Waals surface area contributed by atoms with E-state index in [-0.39, 0.29) is 0 Å². The van der Waals surface area contributed by atoms with Gasteiger partial charge in [0.25, 0.3) is 0 Å². The van der Waals surface area contributed by atoms with Gasteiger partial charge in [-0.15, -0.1) is 0 Å². The Bertz CT molecular complexity index is 240. The van der Waals surface area contributed by atoms with Gasteiger partial charge < -0.3 is 15.5 Å². The number of nitrogens with two attached hydrogens (primary N) is 1. The van der Waals surface area contributed by atoms with Gasteiger partial charge in [-0.2, -0.15) is 0 Å². The zero-order valence-electron chi connectivity index (χ0n) is 13.0. The fourth-order valence-corrected chi connectivity index (χ4v) is 3.64. The fourth-order valence-electron chi connectivity index (χ4n) is 3.64. The van der Waals surface area contributed by atoms with Crippen LogP contribution in [0.3, 0.4) is 0 Å². The normalized spacial score (nSPS) is 25.9. The molecule has 1 unspecified atom stereocenters. The van der Waals surface area contributed by atoms with Gasteiger partial charge in [-0.05, 0) is 70.2 Å². The first-order valence-corrected chi connectivity index (χ1v) is 8.37. The molecule has 0 aliphatic carbocycles. The van der Waals surface area contributed by atoms with Crippen LogP contribution in [-0.2, 0) is 0 Å². The van der Waals surface area contributed by atoms with E-state index in [1.165, 1.54) is 64.8 Å². The molecule has 2 aliphatic heterocycles. The van der Waals surface area contributed by atoms with Crippen molar-refractivity contribution in [1.29, 1.82) is 0 Å². The Morgan fingerprint density at radius 1 is 1.00 bits per heavy atom. The van der Waals surface area contributed by atoms with Gasteiger partial charge in [0.05, 0.1) is 0 Å². The molecule has 2 fully saturated rings. The highest BCUT2D eigenvalue weighted by molar-refractivity contribution is 4.82. The standard InChI is InChI=1S/C16H33N3/c1-14(2)15(12-17)13-18-10-6-16(7-11-18)19-8-4-3-5-9-19/h14-16H,3-13,17H2,1-2H3. The van der Waals surface area contributed by atoms with Crippen LogP contribution in [-0.4, -0.2) is 55.1 Å². The van der Waals surface area contributed by atoms with Crippen LogP contribution in [0, 0.1) is 11.8 Å². The van der Waals surface area contributed by atoms with Crippen LogP contribution >= 0.6 is 0 Å². The molecule has 2 saturated heterocycles. The van der Waals surface area contributed by atoms with E-state index >= 15 is 0 Å². The van der Waals surface area contributed by atoms with Crippen molar-refractivity contribution in [2.45, 2.75) is 52.0 Å². The monoisotopic (exact) mass is 267 g/mol. The SMILES string of the molecule is CC(C)C(CN)CN1CCC(N2CCCCC2)CC1. The van der Waals surface area contributed by atoms with Crippen LogP contribution in [0.2, 0.25) is 0 Å². The summed E-state index contributed by atoms with van der Waals surface area (Å²) in [5.41, 5.74) is 5.90. The van der Waals surface area contributed by atoms with E-state index < -0.39 is 0 Å². The number of likely N-dealkylation sites (tertiary alicyclic amines) is 2. The average molecular weight is 267 g/mol. The zero-order valence-corrected chi connectivity index (χ0v) is 13.0. The third-order valence-corrected chi connectivity index (χ3v) is 5.20. The molecule has 19 heavy (non-hydrogen) atoms. The summed E-state index contributed by atoms with van der Waals surface area (Å²) in [6.45, 7) is 11.9. The van der Waals surface area contributed by atoms with Crippen LogP contribution in [0.4, 0.5) is 0 Å². The summed E-state index contributed by atoms with van der Waals surface area (Å²) < 4.78 is 0. The number of piperidine rings is 2. The van der Waals surface area contributed by atoms with Gasteiger partial charge in [0.1, 0.15) is 0 Å². The van der Waals surface area contributed by atoms with E-state index in [0.717, 1.165) is 12.6 Å². The first kappa shape index (κ1) is 15.3. The molecule has 1 atom stereocenters. The second-order valence-electron chi connectivity index (χ2n) is 6.87. The van der Waals surface area contributed by atoms with Crippen molar-refractivity contribution < 1.29 is 0 Å². The van der Waals surface area contributed by atoms with E-state index in [2.05, 4.69) is 23.6 Å². The van der Waals surface area contributed by atoms with E-state index in [1.54, 1.807) is 0 Å². The summed E-state index contributed by atoms with van der Waals surface area (Å²) in [6.07, 6.45) is 7.03. The van der Waals surface area contributed by atoms with Crippen molar-refractivity contribution in [2.75, 3.05) is 39.3 Å². The molecule has 0 aromatic heterocycles. The van der Waals surface area contributed by atoms with Crippen LogP contribution in [0.15, 0.2) is 0 Å². The predicted molar refractivity (Wildman–Crippen MR) is 82.3 cm³/mol. The highest BCUT2D eigenvalue weighted by Crippen LogP contribution is 2.22. The van der Waals surface area contributed by atoms with Crippen molar-refractivity contribution in [3.05, 3.63) is 0 Å². The van der Waals surface area contributed by atoms with E-state index in [4.69, 9.17) is 5.73 Å². The Balaban J connectivity index is 1.72. The average Bonchev–Trinajstić information content (AvgIpc) is 2.46. The Hall–Kier alpha value is -0.120. The molecule has 0 bridgehead atoms. The second kappa shape index (κ2) is 7.61. The van der Waals surface area contributed by atoms with Crippen LogP contribution in [0.1, 0.15) is 46.0 Å². The first-order valence-electron chi connectivity index (χ1n) is 8.37. The minimum atomic E-state index is 0.673. The van der Waals surface area contributed by atoms with E-state index in [1.807, 2.05) is 0 Å². The maximum Gasteiger partial charge on any atom is 0.0120 e. The van der Waals surface area contributed by atoms with Gasteiger partial charge in [0, 0.05) is 12.6 Å². The Morgan fingerprint density at radius 2 is 1.63 bits per heavy atom. The summed E-state index contributed by atoms with van der Waals surface area (Å²) in [7, 11) is 0. The largest absolute Gasteiger partial charge is 0.330 e. The van der Waals surface area contributed by atoms with E-state index in [0.29, 0.717) is 11.8 Å². The molecule has 0 spiro atoms. The lowest BCUT2D eigenvalue weighted by atomic mass is 9.93. The molecule has 2 aliphatic rings. The molecule has 0 aromatic carbocycles. The van der Waals surface area contributed by atoms with Crippen molar-refractivity contribution >= 4 is 0 Å². The molecular weight excluding hydrogens is 234 g/mol. The predicted octanol–water partition coefficient (Wildman–Crippen LogP) is 2.17. The third-order valence-electron chi connectivity index (χ3n) is 5.20. The summed E-state index contributed by atoms with van der Waals surface area (Å²) in [4.78, 5) is 5.40. The number of rotatable bonds is 5. The molecule has 0 amide bonds. The van der Waals surface area contributed by atoms with Crippen molar-refractivity contribution in [2.24, 2.45) is 17.6 Å². The number of nitrogens with zero attached hydrogens (tertiary/aromatic N) is 2. The van der Waals surface area contributed by atoms with Gasteiger partial charge in [-0.3, -0.25) is 0 Å². The molecule has 2 rings (SSSR count). The Morgan fingerprint density at radius 3 is 2.16 bits per heavy atom. The smallest absolute Gasteiger partial charge is 0.0120 e. The lowest BCUT2D eigenvalue weighted by Gasteiger charge is -2.41. The lowest BCUT2D eigenvalue weighted by molar-refractivity contribution is 0.0817. The minimum Gasteiger partial charge on any atom is -0.330 e. The van der Waals surface area contributed by atoms with Crippen molar-refractivity contribution in [3.63, 3.8) is 0 Å². The first-order chi connectivity index (χ1) is 9.20. The minimum absolute atomic E-state index is 0.673. The topological polar surface area (TPSA) is 32.5 Å². The molecular formula is C16H33N3. The maximum atomic E-state index is 5.90. The van der Waals surface area contributed by atoms with Crippen molar-refractivity contribution in [3.8, 4) is 0 Å².